The summed E-state index contributed by atoms with van der Waals surface area (Å²) < 4.78 is 1.01. The van der Waals surface area contributed by atoms with Crippen LogP contribution in [0, 0.1) is 0 Å². The van der Waals surface area contributed by atoms with Crippen LogP contribution < -0.4 is 5.32 Å². The van der Waals surface area contributed by atoms with Gasteiger partial charge in [0, 0.05) is 38.9 Å². The van der Waals surface area contributed by atoms with E-state index in [2.05, 4.69) is 21.2 Å². The lowest BCUT2D eigenvalue weighted by Gasteiger charge is -2.29. The number of hydrogen-bond acceptors (Lipinski definition) is 3. The second-order valence-corrected chi connectivity index (χ2v) is 9.13. The second-order valence-electron chi connectivity index (χ2n) is 6.41. The highest BCUT2D eigenvalue weighted by molar-refractivity contribution is 9.10. The lowest BCUT2D eigenvalue weighted by molar-refractivity contribution is -0.138. The molecule has 4 nitrogen and oxygen atoms in total. The molecule has 0 radical (unpaired) electrons. The molecule has 0 saturated carbocycles. The number of carbonyl (C=O) groups excluding carboxylic acids is 2. The first kappa shape index (κ1) is 24.1. The minimum atomic E-state index is -0.636. The summed E-state index contributed by atoms with van der Waals surface area (Å²) in [6.07, 6.45) is 0. The summed E-state index contributed by atoms with van der Waals surface area (Å²) in [5.74, 6) is 0.612. The fourth-order valence-electron chi connectivity index (χ4n) is 2.68. The maximum absolute atomic E-state index is 13.0. The van der Waals surface area contributed by atoms with Gasteiger partial charge in [0.15, 0.2) is 0 Å². The van der Waals surface area contributed by atoms with E-state index in [0.29, 0.717) is 27.9 Å². The Bertz CT molecular complexity index is 829. The molecule has 2 aromatic carbocycles. The standard InChI is InChI=1S/C21H23BrCl2N2O2S/c1-3-25-21(28)14(2)26(11-17-18(23)5-4-6-19(17)24)20(27)13-29-12-15-7-9-16(22)10-8-15/h4-10,14H,3,11-13H2,1-2H3,(H,25,28). The van der Waals surface area contributed by atoms with E-state index in [1.165, 1.54) is 16.7 Å². The van der Waals surface area contributed by atoms with Crippen molar-refractivity contribution in [2.75, 3.05) is 12.3 Å². The van der Waals surface area contributed by atoms with Gasteiger partial charge in [0.1, 0.15) is 6.04 Å². The van der Waals surface area contributed by atoms with Crippen molar-refractivity contribution in [2.45, 2.75) is 32.2 Å². The predicted molar refractivity (Wildman–Crippen MR) is 125 cm³/mol. The zero-order valence-corrected chi connectivity index (χ0v) is 20.2. The number of amides is 2. The minimum absolute atomic E-state index is 0.137. The van der Waals surface area contributed by atoms with Crippen LogP contribution in [0.4, 0.5) is 0 Å². The zero-order chi connectivity index (χ0) is 21.4. The van der Waals surface area contributed by atoms with Crippen molar-refractivity contribution in [1.82, 2.24) is 10.2 Å². The Morgan fingerprint density at radius 1 is 1.14 bits per heavy atom. The van der Waals surface area contributed by atoms with Gasteiger partial charge < -0.3 is 10.2 Å². The Balaban J connectivity index is 2.11. The molecule has 1 unspecified atom stereocenters. The van der Waals surface area contributed by atoms with E-state index in [1.807, 2.05) is 31.2 Å². The normalized spacial score (nSPS) is 11.8. The van der Waals surface area contributed by atoms with Crippen LogP contribution in [0.3, 0.4) is 0 Å². The molecule has 2 rings (SSSR count). The van der Waals surface area contributed by atoms with E-state index in [-0.39, 0.29) is 24.1 Å². The van der Waals surface area contributed by atoms with Crippen LogP contribution in [0.25, 0.3) is 0 Å². The highest BCUT2D eigenvalue weighted by atomic mass is 79.9. The summed E-state index contributed by atoms with van der Waals surface area (Å²) in [6, 6.07) is 12.5. The van der Waals surface area contributed by atoms with Gasteiger partial charge in [0.05, 0.1) is 5.75 Å². The average molecular weight is 518 g/mol. The quantitative estimate of drug-likeness (QED) is 0.474. The molecule has 0 aliphatic rings. The number of rotatable bonds is 9. The van der Waals surface area contributed by atoms with Crippen molar-refractivity contribution in [3.8, 4) is 0 Å². The van der Waals surface area contributed by atoms with E-state index in [4.69, 9.17) is 23.2 Å². The summed E-state index contributed by atoms with van der Waals surface area (Å²) in [5, 5.41) is 3.72. The van der Waals surface area contributed by atoms with Crippen molar-refractivity contribution in [3.63, 3.8) is 0 Å². The molecule has 0 fully saturated rings. The fraction of sp³-hybridized carbons (Fsp3) is 0.333. The molecule has 0 aliphatic heterocycles. The highest BCUT2D eigenvalue weighted by Crippen LogP contribution is 2.27. The van der Waals surface area contributed by atoms with Gasteiger partial charge in [-0.3, -0.25) is 9.59 Å². The molecule has 0 heterocycles. The number of nitrogens with zero attached hydrogens (tertiary/aromatic N) is 1. The largest absolute Gasteiger partial charge is 0.355 e. The number of benzene rings is 2. The number of likely N-dealkylation sites (N-methyl/N-ethyl adjacent to an activating group) is 1. The number of hydrogen-bond donors (Lipinski definition) is 1. The molecule has 1 atom stereocenters. The number of nitrogens with one attached hydrogen (secondary N) is 1. The van der Waals surface area contributed by atoms with Gasteiger partial charge in [0.2, 0.25) is 11.8 Å². The monoisotopic (exact) mass is 516 g/mol. The summed E-state index contributed by atoms with van der Waals surface area (Å²) in [6.45, 7) is 4.23. The fourth-order valence-corrected chi connectivity index (χ4v) is 4.33. The zero-order valence-electron chi connectivity index (χ0n) is 16.3. The third kappa shape index (κ3) is 7.21. The molecule has 0 spiro atoms. The van der Waals surface area contributed by atoms with Gasteiger partial charge in [-0.25, -0.2) is 0 Å². The first-order chi connectivity index (χ1) is 13.8. The molecule has 0 aromatic heterocycles. The van der Waals surface area contributed by atoms with Crippen molar-refractivity contribution < 1.29 is 9.59 Å². The van der Waals surface area contributed by atoms with Crippen LogP contribution in [0.15, 0.2) is 46.9 Å². The van der Waals surface area contributed by atoms with Gasteiger partial charge in [0.25, 0.3) is 0 Å². The Morgan fingerprint density at radius 2 is 1.76 bits per heavy atom. The highest BCUT2D eigenvalue weighted by Gasteiger charge is 2.27. The molecule has 1 N–H and O–H groups in total. The van der Waals surface area contributed by atoms with Crippen LogP contribution in [-0.2, 0) is 21.9 Å². The van der Waals surface area contributed by atoms with Gasteiger partial charge in [-0.15, -0.1) is 11.8 Å². The van der Waals surface area contributed by atoms with E-state index >= 15 is 0 Å². The average Bonchev–Trinajstić information content (AvgIpc) is 2.69. The predicted octanol–water partition coefficient (Wildman–Crippen LogP) is 5.54. The summed E-state index contributed by atoms with van der Waals surface area (Å²) in [7, 11) is 0. The van der Waals surface area contributed by atoms with Crippen molar-refractivity contribution in [3.05, 3.63) is 68.1 Å². The molecule has 0 saturated heterocycles. The molecular weight excluding hydrogens is 495 g/mol. The Hall–Kier alpha value is -1.21. The molecule has 2 amide bonds. The lowest BCUT2D eigenvalue weighted by Crippen LogP contribution is -2.48. The molecule has 0 aliphatic carbocycles. The number of carbonyl (C=O) groups is 2. The summed E-state index contributed by atoms with van der Waals surface area (Å²) in [4.78, 5) is 26.9. The van der Waals surface area contributed by atoms with E-state index in [9.17, 15) is 9.59 Å². The second kappa shape index (κ2) is 11.8. The van der Waals surface area contributed by atoms with E-state index in [1.54, 1.807) is 25.1 Å². The van der Waals surface area contributed by atoms with Crippen molar-refractivity contribution in [2.24, 2.45) is 0 Å². The number of halogens is 3. The Labute approximate surface area is 194 Å². The van der Waals surface area contributed by atoms with Gasteiger partial charge in [-0.1, -0.05) is 57.3 Å². The van der Waals surface area contributed by atoms with Crippen molar-refractivity contribution >= 4 is 62.7 Å². The Kier molecular flexibility index (Phi) is 9.83. The van der Waals surface area contributed by atoms with Crippen LogP contribution in [-0.4, -0.2) is 35.1 Å². The molecule has 29 heavy (non-hydrogen) atoms. The molecule has 0 bridgehead atoms. The van der Waals surface area contributed by atoms with E-state index < -0.39 is 6.04 Å². The smallest absolute Gasteiger partial charge is 0.242 e. The van der Waals surface area contributed by atoms with E-state index in [0.717, 1.165) is 10.0 Å². The molecule has 2 aromatic rings. The lowest BCUT2D eigenvalue weighted by atomic mass is 10.1. The van der Waals surface area contributed by atoms with Crippen LogP contribution in [0.5, 0.6) is 0 Å². The topological polar surface area (TPSA) is 49.4 Å². The summed E-state index contributed by atoms with van der Waals surface area (Å²) >= 11 is 17.5. The van der Waals surface area contributed by atoms with Gasteiger partial charge in [-0.05, 0) is 43.7 Å². The van der Waals surface area contributed by atoms with Crippen LogP contribution in [0.2, 0.25) is 10.0 Å². The SMILES string of the molecule is CCNC(=O)C(C)N(Cc1c(Cl)cccc1Cl)C(=O)CSCc1ccc(Br)cc1. The minimum Gasteiger partial charge on any atom is -0.355 e. The molecule has 156 valence electrons. The molecule has 8 heteroatoms. The molecular formula is C21H23BrCl2N2O2S. The Morgan fingerprint density at radius 3 is 2.34 bits per heavy atom. The van der Waals surface area contributed by atoms with Gasteiger partial charge >= 0.3 is 0 Å². The number of thioether (sulfide) groups is 1. The summed E-state index contributed by atoms with van der Waals surface area (Å²) in [5.41, 5.74) is 1.77. The maximum atomic E-state index is 13.0. The van der Waals surface area contributed by atoms with Crippen molar-refractivity contribution in [1.29, 1.82) is 0 Å². The van der Waals surface area contributed by atoms with Gasteiger partial charge in [-0.2, -0.15) is 0 Å². The van der Waals surface area contributed by atoms with Crippen LogP contribution >= 0.6 is 50.9 Å². The third-order valence-electron chi connectivity index (χ3n) is 4.32. The third-order valence-corrected chi connectivity index (χ3v) is 6.54. The van der Waals surface area contributed by atoms with Crippen LogP contribution in [0.1, 0.15) is 25.0 Å². The maximum Gasteiger partial charge on any atom is 0.242 e. The first-order valence-corrected chi connectivity index (χ1v) is 11.9. The first-order valence-electron chi connectivity index (χ1n) is 9.15.